The molecule has 1 amide bonds. The number of nitrogens with zero attached hydrogens (tertiary/aromatic N) is 3. The summed E-state index contributed by atoms with van der Waals surface area (Å²) >= 11 is 0. The first-order valence-electron chi connectivity index (χ1n) is 11.6. The second-order valence-electron chi connectivity index (χ2n) is 8.43. The van der Waals surface area contributed by atoms with Crippen LogP contribution in [0.2, 0.25) is 0 Å². The number of anilines is 1. The van der Waals surface area contributed by atoms with Gasteiger partial charge in [-0.1, -0.05) is 36.4 Å². The summed E-state index contributed by atoms with van der Waals surface area (Å²) in [5.41, 5.74) is 1.54. The molecule has 0 saturated carbocycles. The summed E-state index contributed by atoms with van der Waals surface area (Å²) in [7, 11) is -2.97. The van der Waals surface area contributed by atoms with E-state index in [2.05, 4.69) is 9.46 Å². The van der Waals surface area contributed by atoms with Gasteiger partial charge in [-0.25, -0.2) is 14.0 Å². The first kappa shape index (κ1) is 25.9. The zero-order valence-corrected chi connectivity index (χ0v) is 20.9. The summed E-state index contributed by atoms with van der Waals surface area (Å²) < 4.78 is 52.4. The summed E-state index contributed by atoms with van der Waals surface area (Å²) in [5, 5.41) is 0. The van der Waals surface area contributed by atoms with Crippen LogP contribution in [-0.4, -0.2) is 76.1 Å². The van der Waals surface area contributed by atoms with E-state index in [0.29, 0.717) is 41.7 Å². The molecule has 36 heavy (non-hydrogen) atoms. The zero-order valence-electron chi connectivity index (χ0n) is 20.1. The third-order valence-corrected chi connectivity index (χ3v) is 7.81. The van der Waals surface area contributed by atoms with Gasteiger partial charge in [0.05, 0.1) is 25.4 Å². The van der Waals surface area contributed by atoms with Crippen molar-refractivity contribution in [2.75, 3.05) is 51.3 Å². The number of nitrogens with one attached hydrogen (secondary N) is 1. The quantitative estimate of drug-likeness (QED) is 0.578. The number of halogens is 1. The molecule has 2 aromatic carbocycles. The normalized spacial score (nSPS) is 20.7. The number of carbonyl (C=O) groups excluding carboxylic acids is 2. The van der Waals surface area contributed by atoms with Crippen LogP contribution in [0.3, 0.4) is 0 Å². The van der Waals surface area contributed by atoms with Crippen LogP contribution >= 0.6 is 0 Å². The van der Waals surface area contributed by atoms with Gasteiger partial charge >= 0.3 is 22.3 Å². The van der Waals surface area contributed by atoms with Crippen LogP contribution in [0.25, 0.3) is 0 Å². The number of amides is 1. The molecule has 2 aliphatic rings. The summed E-state index contributed by atoms with van der Waals surface area (Å²) in [6.07, 6.45) is -1.04. The lowest BCUT2D eigenvalue weighted by molar-refractivity contribution is -0.150. The Balaban J connectivity index is 1.49. The first-order chi connectivity index (χ1) is 17.3. The fourth-order valence-corrected chi connectivity index (χ4v) is 5.94. The lowest BCUT2D eigenvalue weighted by Crippen LogP contribution is -2.49. The van der Waals surface area contributed by atoms with Crippen molar-refractivity contribution in [1.82, 2.24) is 13.9 Å². The SMILES string of the molecule is CCOC(=O)C(c1ccccc1)N1CCN(c2ccc(C3CNS(=O)(=O)N3C(=O)OC)cc2F)CC1. The van der Waals surface area contributed by atoms with Gasteiger partial charge in [0.25, 0.3) is 0 Å². The van der Waals surface area contributed by atoms with Crippen molar-refractivity contribution in [3.05, 3.63) is 65.5 Å². The minimum absolute atomic E-state index is 0.0797. The van der Waals surface area contributed by atoms with Crippen LogP contribution in [0.4, 0.5) is 14.9 Å². The molecule has 0 aromatic heterocycles. The highest BCUT2D eigenvalue weighted by molar-refractivity contribution is 7.87. The molecule has 2 aromatic rings. The number of esters is 1. The van der Waals surface area contributed by atoms with E-state index >= 15 is 4.39 Å². The maximum absolute atomic E-state index is 15.2. The standard InChI is InChI=1S/C24H29FN4O6S/c1-3-35-23(30)22(17-7-5-4-6-8-17)28-13-11-27(12-14-28)20-10-9-18(15-19(20)25)21-16-26-36(32,33)29(21)24(31)34-2/h4-10,15,21-22,26H,3,11-14,16H2,1-2H3. The van der Waals surface area contributed by atoms with Gasteiger partial charge in [0.1, 0.15) is 11.9 Å². The van der Waals surface area contributed by atoms with Crippen molar-refractivity contribution in [1.29, 1.82) is 0 Å². The predicted octanol–water partition coefficient (Wildman–Crippen LogP) is 2.21. The van der Waals surface area contributed by atoms with E-state index in [1.807, 2.05) is 40.1 Å². The second kappa shape index (κ2) is 10.8. The molecule has 2 saturated heterocycles. The molecule has 2 unspecified atom stereocenters. The number of piperazine rings is 1. The van der Waals surface area contributed by atoms with Gasteiger partial charge in [0.15, 0.2) is 0 Å². The minimum atomic E-state index is -4.06. The average Bonchev–Trinajstić information content (AvgIpc) is 3.20. The number of ether oxygens (including phenoxy) is 2. The third-order valence-electron chi connectivity index (χ3n) is 6.36. The van der Waals surface area contributed by atoms with Crippen LogP contribution in [0.1, 0.15) is 30.1 Å². The van der Waals surface area contributed by atoms with E-state index < -0.39 is 34.2 Å². The molecule has 0 aliphatic carbocycles. The lowest BCUT2D eigenvalue weighted by atomic mass is 10.0. The van der Waals surface area contributed by atoms with Crippen LogP contribution in [-0.2, 0) is 24.5 Å². The summed E-state index contributed by atoms with van der Waals surface area (Å²) in [6, 6.07) is 12.4. The molecule has 4 rings (SSSR count). The summed E-state index contributed by atoms with van der Waals surface area (Å²) in [5.74, 6) is -0.844. The van der Waals surface area contributed by atoms with E-state index in [4.69, 9.17) is 4.74 Å². The smallest absolute Gasteiger partial charge is 0.424 e. The molecule has 0 spiro atoms. The number of rotatable bonds is 6. The highest BCUT2D eigenvalue weighted by Gasteiger charge is 2.43. The topological polar surface area (TPSA) is 108 Å². The molecule has 2 fully saturated rings. The predicted molar refractivity (Wildman–Crippen MR) is 130 cm³/mol. The Bertz CT molecular complexity index is 1200. The Morgan fingerprint density at radius 3 is 2.42 bits per heavy atom. The van der Waals surface area contributed by atoms with Crippen molar-refractivity contribution < 1.29 is 31.9 Å². The van der Waals surface area contributed by atoms with Crippen molar-refractivity contribution in [2.24, 2.45) is 0 Å². The van der Waals surface area contributed by atoms with Gasteiger partial charge in [-0.15, -0.1) is 0 Å². The molecule has 2 heterocycles. The Hall–Kier alpha value is -3.22. The van der Waals surface area contributed by atoms with Crippen molar-refractivity contribution in [2.45, 2.75) is 19.0 Å². The number of carbonyl (C=O) groups is 2. The first-order valence-corrected chi connectivity index (χ1v) is 13.1. The molecule has 2 atom stereocenters. The Morgan fingerprint density at radius 2 is 1.81 bits per heavy atom. The van der Waals surface area contributed by atoms with Gasteiger partial charge in [-0.05, 0) is 30.2 Å². The third kappa shape index (κ3) is 5.15. The number of methoxy groups -OCH3 is 1. The fraction of sp³-hybridized carbons (Fsp3) is 0.417. The summed E-state index contributed by atoms with van der Waals surface area (Å²) in [4.78, 5) is 28.7. The number of hydrogen-bond donors (Lipinski definition) is 1. The summed E-state index contributed by atoms with van der Waals surface area (Å²) in [6.45, 7) is 3.96. The highest BCUT2D eigenvalue weighted by atomic mass is 32.2. The number of hydrogen-bond acceptors (Lipinski definition) is 8. The molecule has 10 nitrogen and oxygen atoms in total. The Labute approximate surface area is 209 Å². The van der Waals surface area contributed by atoms with Crippen LogP contribution in [0, 0.1) is 5.82 Å². The van der Waals surface area contributed by atoms with Gasteiger partial charge in [0, 0.05) is 32.7 Å². The van der Waals surface area contributed by atoms with Gasteiger partial charge in [-0.2, -0.15) is 17.4 Å². The fourth-order valence-electron chi connectivity index (χ4n) is 4.63. The van der Waals surface area contributed by atoms with Crippen molar-refractivity contribution in [3.63, 3.8) is 0 Å². The van der Waals surface area contributed by atoms with E-state index in [1.165, 1.54) is 6.07 Å². The Kier molecular flexibility index (Phi) is 7.76. The van der Waals surface area contributed by atoms with E-state index in [-0.39, 0.29) is 19.1 Å². The average molecular weight is 521 g/mol. The molecule has 2 aliphatic heterocycles. The molecule has 194 valence electrons. The minimum Gasteiger partial charge on any atom is -0.465 e. The van der Waals surface area contributed by atoms with Gasteiger partial charge in [0.2, 0.25) is 0 Å². The Morgan fingerprint density at radius 1 is 1.11 bits per heavy atom. The van der Waals surface area contributed by atoms with E-state index in [9.17, 15) is 18.0 Å². The van der Waals surface area contributed by atoms with Crippen molar-refractivity contribution >= 4 is 28.0 Å². The second-order valence-corrected chi connectivity index (χ2v) is 10.1. The molecule has 12 heteroatoms. The highest BCUT2D eigenvalue weighted by Crippen LogP contribution is 2.32. The van der Waals surface area contributed by atoms with Crippen molar-refractivity contribution in [3.8, 4) is 0 Å². The van der Waals surface area contributed by atoms with Crippen LogP contribution in [0.15, 0.2) is 48.5 Å². The van der Waals surface area contributed by atoms with Crippen LogP contribution < -0.4 is 9.62 Å². The molecule has 1 N–H and O–H groups in total. The maximum atomic E-state index is 15.2. The van der Waals surface area contributed by atoms with E-state index in [0.717, 1.165) is 12.7 Å². The maximum Gasteiger partial charge on any atom is 0.424 e. The van der Waals surface area contributed by atoms with Crippen LogP contribution in [0.5, 0.6) is 0 Å². The molecular formula is C24H29FN4O6S. The van der Waals surface area contributed by atoms with Gasteiger partial charge in [-0.3, -0.25) is 4.90 Å². The molecule has 0 radical (unpaired) electrons. The molecule has 0 bridgehead atoms. The number of benzene rings is 2. The van der Waals surface area contributed by atoms with Gasteiger partial charge < -0.3 is 14.4 Å². The lowest BCUT2D eigenvalue weighted by Gasteiger charge is -2.39. The van der Waals surface area contributed by atoms with E-state index in [1.54, 1.807) is 19.1 Å². The zero-order chi connectivity index (χ0) is 25.9. The monoisotopic (exact) mass is 520 g/mol. The molecular weight excluding hydrogens is 491 g/mol. The largest absolute Gasteiger partial charge is 0.465 e.